The van der Waals surface area contributed by atoms with Crippen LogP contribution in [-0.2, 0) is 30.7 Å². The number of aryl methyl sites for hydroxylation is 1. The first kappa shape index (κ1) is 34.9. The molecule has 0 aliphatic heterocycles. The van der Waals surface area contributed by atoms with Gasteiger partial charge in [-0.2, -0.15) is 13.2 Å². The predicted octanol–water partition coefficient (Wildman–Crippen LogP) is 7.43. The molecule has 3 N–H and O–H groups in total. The van der Waals surface area contributed by atoms with Crippen molar-refractivity contribution in [2.75, 3.05) is 19.8 Å². The maximum absolute atomic E-state index is 13.7. The van der Waals surface area contributed by atoms with Gasteiger partial charge in [0.05, 0.1) is 42.1 Å². The molecule has 0 bridgehead atoms. The first-order valence-electron chi connectivity index (χ1n) is 13.2. The summed E-state index contributed by atoms with van der Waals surface area (Å²) in [6.45, 7) is 11.5. The number of nitrogens with two attached hydrogens (primary N) is 1. The van der Waals surface area contributed by atoms with Crippen molar-refractivity contribution in [3.63, 3.8) is 0 Å². The van der Waals surface area contributed by atoms with E-state index in [1.54, 1.807) is 47.6 Å². The maximum atomic E-state index is 13.7. The lowest BCUT2D eigenvalue weighted by molar-refractivity contribution is -0.139. The summed E-state index contributed by atoms with van der Waals surface area (Å²) in [5.74, 6) is -0.208. The molecule has 1 rings (SSSR count). The molecular formula is C27H47F3NO6P. The minimum Gasteiger partial charge on any atom is -0.493 e. The van der Waals surface area contributed by atoms with Crippen LogP contribution in [0.3, 0.4) is 0 Å². The molecule has 0 aromatic heterocycles. The number of rotatable bonds is 16. The Hall–Kier alpha value is -1.16. The fourth-order valence-corrected chi connectivity index (χ4v) is 5.41. The lowest BCUT2D eigenvalue weighted by atomic mass is 9.93. The van der Waals surface area contributed by atoms with Crippen LogP contribution in [0.4, 0.5) is 13.2 Å². The molecule has 11 heteroatoms. The normalized spacial score (nSPS) is 14.9. The zero-order valence-corrected chi connectivity index (χ0v) is 24.8. The summed E-state index contributed by atoms with van der Waals surface area (Å²) in [6.07, 6.45) is 0.386. The summed E-state index contributed by atoms with van der Waals surface area (Å²) in [6, 6.07) is 3.92. The third-order valence-corrected chi connectivity index (χ3v) is 7.35. The summed E-state index contributed by atoms with van der Waals surface area (Å²) < 4.78 is 76.6. The van der Waals surface area contributed by atoms with E-state index in [0.717, 1.165) is 31.7 Å². The number of phosphoric ester groups is 1. The number of aliphatic hydroxyl groups is 1. The van der Waals surface area contributed by atoms with E-state index in [-0.39, 0.29) is 25.2 Å². The van der Waals surface area contributed by atoms with E-state index in [2.05, 4.69) is 6.92 Å². The second-order valence-electron chi connectivity index (χ2n) is 11.7. The van der Waals surface area contributed by atoms with Gasteiger partial charge in [0, 0.05) is 0 Å². The Bertz CT molecular complexity index is 878. The topological polar surface area (TPSA) is 100 Å². The summed E-state index contributed by atoms with van der Waals surface area (Å²) in [7, 11) is -4.08. The Balaban J connectivity index is 2.93. The van der Waals surface area contributed by atoms with Gasteiger partial charge in [0.15, 0.2) is 0 Å². The number of unbranched alkanes of at least 4 members (excludes halogenated alkanes) is 4. The lowest BCUT2D eigenvalue weighted by Gasteiger charge is -2.34. The van der Waals surface area contributed by atoms with E-state index in [9.17, 15) is 22.8 Å². The molecule has 0 spiro atoms. The number of aliphatic hydroxyl groups excluding tert-OH is 1. The highest BCUT2D eigenvalue weighted by molar-refractivity contribution is 7.48. The molecule has 0 saturated heterocycles. The molecule has 0 radical (unpaired) electrons. The molecule has 0 aliphatic carbocycles. The van der Waals surface area contributed by atoms with Gasteiger partial charge in [0.2, 0.25) is 0 Å². The van der Waals surface area contributed by atoms with Crippen molar-refractivity contribution in [2.24, 2.45) is 5.73 Å². The molecular weight excluding hydrogens is 522 g/mol. The van der Waals surface area contributed by atoms with Gasteiger partial charge in [-0.3, -0.25) is 13.6 Å². The molecule has 1 aromatic rings. The minimum absolute atomic E-state index is 0.0590. The summed E-state index contributed by atoms with van der Waals surface area (Å²) >= 11 is 0. The van der Waals surface area contributed by atoms with Crippen molar-refractivity contribution in [1.29, 1.82) is 0 Å². The van der Waals surface area contributed by atoms with Crippen molar-refractivity contribution in [1.82, 2.24) is 0 Å². The molecule has 38 heavy (non-hydrogen) atoms. The van der Waals surface area contributed by atoms with Gasteiger partial charge < -0.3 is 15.6 Å². The molecule has 0 fully saturated rings. The monoisotopic (exact) mass is 569 g/mol. The number of phosphoric acid groups is 1. The van der Waals surface area contributed by atoms with E-state index < -0.39 is 49.5 Å². The van der Waals surface area contributed by atoms with Crippen LogP contribution in [0.5, 0.6) is 5.75 Å². The van der Waals surface area contributed by atoms with Gasteiger partial charge in [-0.1, -0.05) is 38.7 Å². The van der Waals surface area contributed by atoms with E-state index in [1.807, 2.05) is 0 Å². The number of halogens is 3. The highest BCUT2D eigenvalue weighted by Crippen LogP contribution is 2.55. The fraction of sp³-hybridized carbons (Fsp3) is 0.778. The zero-order valence-electron chi connectivity index (χ0n) is 24.0. The quantitative estimate of drug-likeness (QED) is 0.158. The van der Waals surface area contributed by atoms with Crippen LogP contribution in [0.25, 0.3) is 0 Å². The average molecular weight is 570 g/mol. The maximum Gasteiger partial charge on any atom is 0.475 e. The van der Waals surface area contributed by atoms with Crippen molar-refractivity contribution >= 4 is 7.82 Å². The largest absolute Gasteiger partial charge is 0.493 e. The summed E-state index contributed by atoms with van der Waals surface area (Å²) in [5, 5.41) is 9.95. The molecule has 0 amide bonds. The average Bonchev–Trinajstić information content (AvgIpc) is 2.76. The van der Waals surface area contributed by atoms with Gasteiger partial charge in [-0.05, 0) is 78.5 Å². The van der Waals surface area contributed by atoms with Crippen LogP contribution in [0.15, 0.2) is 18.2 Å². The van der Waals surface area contributed by atoms with Crippen molar-refractivity contribution in [2.45, 2.75) is 116 Å². The first-order chi connectivity index (χ1) is 17.3. The minimum atomic E-state index is -4.59. The molecule has 1 atom stereocenters. The molecule has 0 aliphatic rings. The summed E-state index contributed by atoms with van der Waals surface area (Å²) in [4.78, 5) is 0. The highest BCUT2D eigenvalue weighted by atomic mass is 31.2. The van der Waals surface area contributed by atoms with E-state index >= 15 is 0 Å². The molecule has 1 aromatic carbocycles. The fourth-order valence-electron chi connectivity index (χ4n) is 3.51. The van der Waals surface area contributed by atoms with Gasteiger partial charge in [-0.15, -0.1) is 0 Å². The highest BCUT2D eigenvalue weighted by Gasteiger charge is 2.40. The SMILES string of the molecule is CCCCCCCOc1ccc(CC[C@@](N)(CO)COP(=O)(OC(C)(C)C)OC(C)(C)C)cc1C(F)(F)F. The van der Waals surface area contributed by atoms with Crippen molar-refractivity contribution in [3.05, 3.63) is 29.3 Å². The smallest absolute Gasteiger partial charge is 0.475 e. The van der Waals surface area contributed by atoms with Crippen LogP contribution >= 0.6 is 7.82 Å². The Labute approximate surface area is 226 Å². The van der Waals surface area contributed by atoms with Crippen LogP contribution in [0, 0.1) is 0 Å². The zero-order chi connectivity index (χ0) is 29.3. The Morgan fingerprint density at radius 2 is 1.53 bits per heavy atom. The lowest BCUT2D eigenvalue weighted by Crippen LogP contribution is -2.48. The van der Waals surface area contributed by atoms with Crippen LogP contribution in [-0.4, -0.2) is 41.7 Å². The summed E-state index contributed by atoms with van der Waals surface area (Å²) in [5.41, 5.74) is 2.70. The van der Waals surface area contributed by atoms with E-state index in [1.165, 1.54) is 6.07 Å². The Morgan fingerprint density at radius 3 is 2.03 bits per heavy atom. The van der Waals surface area contributed by atoms with Crippen molar-refractivity contribution in [3.8, 4) is 5.75 Å². The number of hydrogen-bond acceptors (Lipinski definition) is 7. The number of alkyl halides is 3. The molecule has 0 saturated carbocycles. The Morgan fingerprint density at radius 1 is 0.947 bits per heavy atom. The van der Waals surface area contributed by atoms with Gasteiger partial charge >= 0.3 is 14.0 Å². The molecule has 222 valence electrons. The first-order valence-corrected chi connectivity index (χ1v) is 14.7. The van der Waals surface area contributed by atoms with Crippen LogP contribution < -0.4 is 10.5 Å². The standard InChI is InChI=1S/C27H47F3NO6P/c1-8-9-10-11-12-17-34-23-14-13-21(18-22(23)27(28,29)30)15-16-26(31,19-32)20-35-38(33,36-24(2,3)4)37-25(5,6)7/h13-14,18,32H,8-12,15-17,19-20,31H2,1-7H3/t26-/m1/s1. The molecule has 0 heterocycles. The van der Waals surface area contributed by atoms with Gasteiger partial charge in [-0.25, -0.2) is 4.57 Å². The van der Waals surface area contributed by atoms with Gasteiger partial charge in [0.25, 0.3) is 0 Å². The second kappa shape index (κ2) is 14.5. The van der Waals surface area contributed by atoms with Crippen molar-refractivity contribution < 1.29 is 41.2 Å². The second-order valence-corrected chi connectivity index (χ2v) is 13.3. The number of benzene rings is 1. The van der Waals surface area contributed by atoms with E-state index in [0.29, 0.717) is 12.0 Å². The third kappa shape index (κ3) is 13.8. The van der Waals surface area contributed by atoms with Crippen LogP contribution in [0.2, 0.25) is 0 Å². The third-order valence-electron chi connectivity index (χ3n) is 5.36. The van der Waals surface area contributed by atoms with Gasteiger partial charge in [0.1, 0.15) is 5.75 Å². The van der Waals surface area contributed by atoms with Crippen LogP contribution in [0.1, 0.15) is 98.1 Å². The number of ether oxygens (including phenoxy) is 1. The molecule has 7 nitrogen and oxygen atoms in total. The molecule has 0 unspecified atom stereocenters. The predicted molar refractivity (Wildman–Crippen MR) is 143 cm³/mol. The van der Waals surface area contributed by atoms with E-state index in [4.69, 9.17) is 24.0 Å². The number of hydrogen-bond donors (Lipinski definition) is 2. The Kier molecular flexibility index (Phi) is 13.3.